The first-order valence-electron chi connectivity index (χ1n) is 7.93. The molecule has 21 heavy (non-hydrogen) atoms. The molecule has 1 fully saturated rings. The molecule has 1 aliphatic rings. The van der Waals surface area contributed by atoms with Crippen molar-refractivity contribution in [1.29, 1.82) is 0 Å². The van der Waals surface area contributed by atoms with E-state index < -0.39 is 0 Å². The lowest BCUT2D eigenvalue weighted by Crippen LogP contribution is -2.39. The van der Waals surface area contributed by atoms with Crippen LogP contribution in [0.5, 0.6) is 0 Å². The Morgan fingerprint density at radius 2 is 2.00 bits per heavy atom. The predicted molar refractivity (Wildman–Crippen MR) is 84.0 cm³/mol. The third kappa shape index (κ3) is 5.86. The summed E-state index contributed by atoms with van der Waals surface area (Å²) in [4.78, 5) is 12.0. The van der Waals surface area contributed by atoms with E-state index >= 15 is 0 Å². The quantitative estimate of drug-likeness (QED) is 0.713. The number of benzene rings is 1. The molecule has 0 spiro atoms. The zero-order valence-electron chi connectivity index (χ0n) is 12.6. The molecule has 1 atom stereocenters. The number of nitrogens with one attached hydrogen (secondary N) is 2. The van der Waals surface area contributed by atoms with Crippen LogP contribution in [0.25, 0.3) is 0 Å². The lowest BCUT2D eigenvalue weighted by atomic mass is 9.93. The lowest BCUT2D eigenvalue weighted by Gasteiger charge is -2.23. The third-order valence-electron chi connectivity index (χ3n) is 4.15. The maximum atomic E-state index is 12.0. The molecule has 0 bridgehead atoms. The number of amides is 1. The summed E-state index contributed by atoms with van der Waals surface area (Å²) in [6.07, 6.45) is 4.53. The Hall–Kier alpha value is -1.39. The van der Waals surface area contributed by atoms with E-state index in [2.05, 4.69) is 10.6 Å². The summed E-state index contributed by atoms with van der Waals surface area (Å²) in [6.45, 7) is 2.12. The maximum Gasteiger partial charge on any atom is 0.220 e. The molecular weight excluding hydrogens is 264 g/mol. The van der Waals surface area contributed by atoms with E-state index in [9.17, 15) is 9.90 Å². The van der Waals surface area contributed by atoms with Crippen LogP contribution in [0.4, 0.5) is 0 Å². The normalized spacial score (nSPS) is 17.4. The van der Waals surface area contributed by atoms with Crippen molar-refractivity contribution in [2.24, 2.45) is 5.92 Å². The second-order valence-electron chi connectivity index (χ2n) is 5.87. The van der Waals surface area contributed by atoms with Gasteiger partial charge in [0.25, 0.3) is 0 Å². The molecule has 0 saturated carbocycles. The Bertz CT molecular complexity index is 416. The largest absolute Gasteiger partial charge is 0.394 e. The third-order valence-corrected chi connectivity index (χ3v) is 4.15. The van der Waals surface area contributed by atoms with Crippen molar-refractivity contribution in [3.8, 4) is 0 Å². The zero-order chi connectivity index (χ0) is 14.9. The molecule has 1 aliphatic heterocycles. The van der Waals surface area contributed by atoms with Crippen LogP contribution in [-0.2, 0) is 11.2 Å². The van der Waals surface area contributed by atoms with Gasteiger partial charge in [0.05, 0.1) is 12.6 Å². The first-order valence-corrected chi connectivity index (χ1v) is 7.93. The highest BCUT2D eigenvalue weighted by molar-refractivity contribution is 5.76. The number of piperidine rings is 1. The molecule has 116 valence electrons. The molecule has 1 heterocycles. The van der Waals surface area contributed by atoms with E-state index in [0.717, 1.165) is 25.1 Å². The van der Waals surface area contributed by atoms with Gasteiger partial charge in [0.2, 0.25) is 5.91 Å². The Morgan fingerprint density at radius 3 is 2.67 bits per heavy atom. The number of rotatable bonds is 7. The standard InChI is InChI=1S/C17H26N2O2/c20-13-16(12-15-4-2-1-3-5-15)19-17(21)7-6-14-8-10-18-11-9-14/h1-5,14,16,18,20H,6-13H2,(H,19,21). The highest BCUT2D eigenvalue weighted by Gasteiger charge is 2.16. The summed E-state index contributed by atoms with van der Waals surface area (Å²) in [5.74, 6) is 0.724. The van der Waals surface area contributed by atoms with Gasteiger partial charge in [0.15, 0.2) is 0 Å². The van der Waals surface area contributed by atoms with Gasteiger partial charge in [-0.05, 0) is 50.3 Å². The van der Waals surface area contributed by atoms with Crippen LogP contribution in [0.2, 0.25) is 0 Å². The van der Waals surface area contributed by atoms with Crippen LogP contribution in [0.1, 0.15) is 31.2 Å². The first kappa shape index (κ1) is 16.0. The van der Waals surface area contributed by atoms with Crippen molar-refractivity contribution < 1.29 is 9.90 Å². The van der Waals surface area contributed by atoms with Gasteiger partial charge in [-0.25, -0.2) is 0 Å². The van der Waals surface area contributed by atoms with Crippen LogP contribution in [-0.4, -0.2) is 36.8 Å². The topological polar surface area (TPSA) is 61.4 Å². The Kier molecular flexibility index (Phi) is 6.70. The summed E-state index contributed by atoms with van der Waals surface area (Å²) in [7, 11) is 0. The average Bonchev–Trinajstić information content (AvgIpc) is 2.54. The van der Waals surface area contributed by atoms with Gasteiger partial charge in [-0.15, -0.1) is 0 Å². The number of carbonyl (C=O) groups excluding carboxylic acids is 1. The first-order chi connectivity index (χ1) is 10.3. The van der Waals surface area contributed by atoms with Gasteiger partial charge in [-0.2, -0.15) is 0 Å². The fourth-order valence-electron chi connectivity index (χ4n) is 2.87. The Balaban J connectivity index is 1.71. The van der Waals surface area contributed by atoms with Crippen LogP contribution in [0.15, 0.2) is 30.3 Å². The Labute approximate surface area is 126 Å². The summed E-state index contributed by atoms with van der Waals surface area (Å²) in [6, 6.07) is 9.77. The van der Waals surface area contributed by atoms with Crippen LogP contribution in [0.3, 0.4) is 0 Å². The van der Waals surface area contributed by atoms with E-state index in [1.165, 1.54) is 12.8 Å². The van der Waals surface area contributed by atoms with Crippen molar-refractivity contribution in [1.82, 2.24) is 10.6 Å². The van der Waals surface area contributed by atoms with Gasteiger partial charge < -0.3 is 15.7 Å². The monoisotopic (exact) mass is 290 g/mol. The van der Waals surface area contributed by atoms with Crippen molar-refractivity contribution >= 4 is 5.91 Å². The number of aliphatic hydroxyl groups is 1. The molecule has 4 nitrogen and oxygen atoms in total. The summed E-state index contributed by atoms with van der Waals surface area (Å²) < 4.78 is 0. The molecule has 1 saturated heterocycles. The smallest absolute Gasteiger partial charge is 0.220 e. The lowest BCUT2D eigenvalue weighted by molar-refractivity contribution is -0.122. The van der Waals surface area contributed by atoms with Gasteiger partial charge in [0.1, 0.15) is 0 Å². The number of hydrogen-bond acceptors (Lipinski definition) is 3. The van der Waals surface area contributed by atoms with Crippen molar-refractivity contribution in [2.75, 3.05) is 19.7 Å². The number of aliphatic hydroxyl groups excluding tert-OH is 1. The molecular formula is C17H26N2O2. The molecule has 0 radical (unpaired) electrons. The maximum absolute atomic E-state index is 12.0. The average molecular weight is 290 g/mol. The van der Waals surface area contributed by atoms with E-state index in [1.54, 1.807) is 0 Å². The van der Waals surface area contributed by atoms with E-state index in [-0.39, 0.29) is 18.6 Å². The van der Waals surface area contributed by atoms with Gasteiger partial charge in [-0.3, -0.25) is 4.79 Å². The summed E-state index contributed by atoms with van der Waals surface area (Å²) in [5, 5.41) is 15.7. The van der Waals surface area contributed by atoms with E-state index in [0.29, 0.717) is 18.8 Å². The molecule has 1 amide bonds. The Morgan fingerprint density at radius 1 is 1.29 bits per heavy atom. The molecule has 2 rings (SSSR count). The molecule has 0 aromatic heterocycles. The minimum atomic E-state index is -0.187. The molecule has 4 heteroatoms. The fourth-order valence-corrected chi connectivity index (χ4v) is 2.87. The summed E-state index contributed by atoms with van der Waals surface area (Å²) in [5.41, 5.74) is 1.13. The predicted octanol–water partition coefficient (Wildman–Crippen LogP) is 1.49. The van der Waals surface area contributed by atoms with Gasteiger partial charge in [0, 0.05) is 6.42 Å². The minimum absolute atomic E-state index is 0.0199. The minimum Gasteiger partial charge on any atom is -0.394 e. The highest BCUT2D eigenvalue weighted by atomic mass is 16.3. The fraction of sp³-hybridized carbons (Fsp3) is 0.588. The molecule has 3 N–H and O–H groups in total. The van der Waals surface area contributed by atoms with Crippen molar-refractivity contribution in [3.05, 3.63) is 35.9 Å². The highest BCUT2D eigenvalue weighted by Crippen LogP contribution is 2.17. The number of hydrogen-bond donors (Lipinski definition) is 3. The molecule has 0 aliphatic carbocycles. The van der Waals surface area contributed by atoms with Crippen molar-refractivity contribution in [3.63, 3.8) is 0 Å². The van der Waals surface area contributed by atoms with E-state index in [1.807, 2.05) is 30.3 Å². The number of carbonyl (C=O) groups is 1. The van der Waals surface area contributed by atoms with Crippen LogP contribution < -0.4 is 10.6 Å². The SMILES string of the molecule is O=C(CCC1CCNCC1)NC(CO)Cc1ccccc1. The molecule has 1 aromatic rings. The zero-order valence-corrected chi connectivity index (χ0v) is 12.6. The van der Waals surface area contributed by atoms with Gasteiger partial charge >= 0.3 is 0 Å². The molecule has 1 aromatic carbocycles. The summed E-state index contributed by atoms with van der Waals surface area (Å²) >= 11 is 0. The molecule has 1 unspecified atom stereocenters. The van der Waals surface area contributed by atoms with E-state index in [4.69, 9.17) is 0 Å². The van der Waals surface area contributed by atoms with Crippen LogP contribution in [0, 0.1) is 5.92 Å². The van der Waals surface area contributed by atoms with Crippen molar-refractivity contribution in [2.45, 2.75) is 38.1 Å². The van der Waals surface area contributed by atoms with Crippen LogP contribution >= 0.6 is 0 Å². The second-order valence-corrected chi connectivity index (χ2v) is 5.87. The van der Waals surface area contributed by atoms with Gasteiger partial charge in [-0.1, -0.05) is 30.3 Å². The second kappa shape index (κ2) is 8.80.